The smallest absolute Gasteiger partial charge is 0.303 e. The Balaban J connectivity index is 2.33. The maximum absolute atomic E-state index is 12.2. The zero-order valence-electron chi connectivity index (χ0n) is 13.9. The fraction of sp³-hybridized carbons (Fsp3) is 0.688. The molecule has 7 heteroatoms. The van der Waals surface area contributed by atoms with Crippen molar-refractivity contribution in [3.63, 3.8) is 0 Å². The van der Waals surface area contributed by atoms with E-state index < -0.39 is 47.9 Å². The summed E-state index contributed by atoms with van der Waals surface area (Å²) >= 11 is 0. The summed E-state index contributed by atoms with van der Waals surface area (Å²) in [7, 11) is 0. The Hall–Kier alpha value is -1.73. The molecule has 0 radical (unpaired) electrons. The molecule has 0 aromatic carbocycles. The third-order valence-electron chi connectivity index (χ3n) is 3.99. The van der Waals surface area contributed by atoms with E-state index in [1.165, 1.54) is 19.9 Å². The van der Waals surface area contributed by atoms with E-state index in [2.05, 4.69) is 0 Å². The fourth-order valence-electron chi connectivity index (χ4n) is 2.81. The molecule has 1 aliphatic carbocycles. The molecule has 0 aromatic heterocycles. The largest absolute Gasteiger partial charge is 0.457 e. The summed E-state index contributed by atoms with van der Waals surface area (Å²) in [6.45, 7) is 7.27. The van der Waals surface area contributed by atoms with Gasteiger partial charge in [0.2, 0.25) is 0 Å². The lowest BCUT2D eigenvalue weighted by Crippen LogP contribution is -2.47. The Morgan fingerprint density at radius 1 is 1.22 bits per heavy atom. The summed E-state index contributed by atoms with van der Waals surface area (Å²) in [5.74, 6) is -1.99. The van der Waals surface area contributed by atoms with Crippen LogP contribution in [0.1, 0.15) is 34.6 Å². The number of ketones is 1. The van der Waals surface area contributed by atoms with Crippen LogP contribution in [0.4, 0.5) is 0 Å². The normalized spacial score (nSPS) is 33.7. The molecule has 0 aromatic rings. The number of ether oxygens (including phenoxy) is 3. The van der Waals surface area contributed by atoms with Gasteiger partial charge >= 0.3 is 11.9 Å². The molecule has 0 saturated carbocycles. The van der Waals surface area contributed by atoms with Crippen molar-refractivity contribution in [2.45, 2.75) is 64.6 Å². The van der Waals surface area contributed by atoms with E-state index >= 15 is 0 Å². The number of epoxide rings is 1. The van der Waals surface area contributed by atoms with Gasteiger partial charge in [0.15, 0.2) is 18.0 Å². The summed E-state index contributed by atoms with van der Waals surface area (Å²) in [5.41, 5.74) is -0.684. The first-order valence-electron chi connectivity index (χ1n) is 7.50. The highest BCUT2D eigenvalue weighted by atomic mass is 16.6. The van der Waals surface area contributed by atoms with Gasteiger partial charge in [0.05, 0.1) is 11.5 Å². The Morgan fingerprint density at radius 2 is 1.78 bits per heavy atom. The van der Waals surface area contributed by atoms with Crippen molar-refractivity contribution >= 4 is 17.7 Å². The number of carbonyl (C=O) groups is 3. The van der Waals surface area contributed by atoms with Crippen LogP contribution in [0, 0.1) is 5.92 Å². The molecule has 0 bridgehead atoms. The topological polar surface area (TPSA) is 102 Å². The maximum atomic E-state index is 12.2. The monoisotopic (exact) mass is 326 g/mol. The van der Waals surface area contributed by atoms with Crippen LogP contribution in [0.25, 0.3) is 0 Å². The second-order valence-electron chi connectivity index (χ2n) is 6.57. The van der Waals surface area contributed by atoms with E-state index in [9.17, 15) is 19.5 Å². The molecule has 1 heterocycles. The lowest BCUT2D eigenvalue weighted by molar-refractivity contribution is -0.168. The number of allylic oxidation sites excluding steroid dienone is 1. The first-order chi connectivity index (χ1) is 10.5. The summed E-state index contributed by atoms with van der Waals surface area (Å²) < 4.78 is 16.0. The first-order valence-corrected chi connectivity index (χ1v) is 7.50. The van der Waals surface area contributed by atoms with Gasteiger partial charge in [0, 0.05) is 19.4 Å². The second kappa shape index (κ2) is 6.05. The quantitative estimate of drug-likeness (QED) is 0.594. The summed E-state index contributed by atoms with van der Waals surface area (Å²) in [6, 6.07) is 0. The molecule has 7 nitrogen and oxygen atoms in total. The van der Waals surface area contributed by atoms with Crippen LogP contribution in [0.5, 0.6) is 0 Å². The molecule has 2 aliphatic rings. The van der Waals surface area contributed by atoms with Crippen molar-refractivity contribution in [1.82, 2.24) is 0 Å². The maximum Gasteiger partial charge on any atom is 0.303 e. The van der Waals surface area contributed by atoms with Gasteiger partial charge in [-0.25, -0.2) is 0 Å². The van der Waals surface area contributed by atoms with Crippen LogP contribution < -0.4 is 0 Å². The minimum absolute atomic E-state index is 0.236. The van der Waals surface area contributed by atoms with Crippen molar-refractivity contribution < 1.29 is 33.7 Å². The van der Waals surface area contributed by atoms with E-state index in [0.29, 0.717) is 5.57 Å². The Bertz CT molecular complexity index is 557. The lowest BCUT2D eigenvalue weighted by atomic mass is 9.81. The van der Waals surface area contributed by atoms with Crippen molar-refractivity contribution in [2.24, 2.45) is 5.92 Å². The summed E-state index contributed by atoms with van der Waals surface area (Å²) in [6.07, 6.45) is -1.49. The van der Waals surface area contributed by atoms with Crippen LogP contribution in [-0.2, 0) is 28.6 Å². The molecule has 1 aliphatic heterocycles. The van der Waals surface area contributed by atoms with Gasteiger partial charge in [-0.15, -0.1) is 0 Å². The van der Waals surface area contributed by atoms with E-state index in [-0.39, 0.29) is 5.78 Å². The van der Waals surface area contributed by atoms with Gasteiger partial charge in [-0.05, 0) is 19.9 Å². The molecule has 1 saturated heterocycles. The van der Waals surface area contributed by atoms with Gasteiger partial charge in [0.25, 0.3) is 0 Å². The minimum atomic E-state index is -1.10. The molecule has 5 atom stereocenters. The highest BCUT2D eigenvalue weighted by Gasteiger charge is 2.56. The molecule has 23 heavy (non-hydrogen) atoms. The van der Waals surface area contributed by atoms with E-state index in [4.69, 9.17) is 14.2 Å². The summed E-state index contributed by atoms with van der Waals surface area (Å²) in [5, 5.41) is 10.0. The lowest BCUT2D eigenvalue weighted by Gasteiger charge is -2.34. The predicted octanol–water partition coefficient (Wildman–Crippen LogP) is 0.533. The number of esters is 2. The summed E-state index contributed by atoms with van der Waals surface area (Å²) in [4.78, 5) is 35.0. The number of hydrogen-bond acceptors (Lipinski definition) is 7. The Kier molecular flexibility index (Phi) is 4.64. The molecular weight excluding hydrogens is 304 g/mol. The fourth-order valence-corrected chi connectivity index (χ4v) is 2.81. The van der Waals surface area contributed by atoms with E-state index in [1.807, 2.05) is 0 Å². The Labute approximate surface area is 134 Å². The number of hydrogen-bond donors (Lipinski definition) is 1. The zero-order chi connectivity index (χ0) is 17.5. The number of aliphatic hydroxyl groups is 1. The number of carbonyl (C=O) groups excluding carboxylic acids is 3. The minimum Gasteiger partial charge on any atom is -0.457 e. The molecule has 128 valence electrons. The van der Waals surface area contributed by atoms with Crippen LogP contribution in [-0.4, -0.2) is 52.8 Å². The van der Waals surface area contributed by atoms with Gasteiger partial charge in [0.1, 0.15) is 12.2 Å². The van der Waals surface area contributed by atoms with Crippen LogP contribution in [0.15, 0.2) is 11.6 Å². The molecule has 1 fully saturated rings. The van der Waals surface area contributed by atoms with E-state index in [0.717, 1.165) is 0 Å². The van der Waals surface area contributed by atoms with Crippen LogP contribution in [0.2, 0.25) is 0 Å². The van der Waals surface area contributed by atoms with E-state index in [1.54, 1.807) is 20.8 Å². The molecule has 0 amide bonds. The van der Waals surface area contributed by atoms with Crippen LogP contribution >= 0.6 is 0 Å². The van der Waals surface area contributed by atoms with Gasteiger partial charge in [-0.2, -0.15) is 0 Å². The van der Waals surface area contributed by atoms with Crippen molar-refractivity contribution in [2.75, 3.05) is 0 Å². The first kappa shape index (κ1) is 17.6. The van der Waals surface area contributed by atoms with Gasteiger partial charge in [-0.1, -0.05) is 6.92 Å². The van der Waals surface area contributed by atoms with Crippen molar-refractivity contribution in [1.29, 1.82) is 0 Å². The second-order valence-corrected chi connectivity index (χ2v) is 6.57. The standard InChI is InChI=1S/C16H22O7/c1-7-11(19)6-10(14-15(23-14)16(4,5)20)13(22-9(3)18)12(7)21-8(2)17/h6-7,12-15,20H,1-5H3/t7-,12+,13+,14+,15-/m0/s1. The van der Waals surface area contributed by atoms with Crippen molar-refractivity contribution in [3.8, 4) is 0 Å². The molecular formula is C16H22O7. The molecule has 0 unspecified atom stereocenters. The average Bonchev–Trinajstić information content (AvgIpc) is 3.17. The van der Waals surface area contributed by atoms with Crippen LogP contribution in [0.3, 0.4) is 0 Å². The average molecular weight is 326 g/mol. The van der Waals surface area contributed by atoms with Gasteiger partial charge < -0.3 is 19.3 Å². The van der Waals surface area contributed by atoms with Crippen molar-refractivity contribution in [3.05, 3.63) is 11.6 Å². The van der Waals surface area contributed by atoms with Gasteiger partial charge in [-0.3, -0.25) is 14.4 Å². The number of rotatable bonds is 4. The zero-order valence-corrected chi connectivity index (χ0v) is 13.9. The molecule has 2 rings (SSSR count). The Morgan fingerprint density at radius 3 is 2.22 bits per heavy atom. The SMILES string of the molecule is CC(=O)O[C@H]1[C@H](OC(C)=O)C([C@H]2O[C@@H]2C(C)(C)O)=CC(=O)[C@@H]1C. The third-order valence-corrected chi connectivity index (χ3v) is 3.99. The highest BCUT2D eigenvalue weighted by Crippen LogP contribution is 2.42. The molecule has 0 spiro atoms. The molecule has 1 N–H and O–H groups in total. The predicted molar refractivity (Wildman–Crippen MR) is 78.3 cm³/mol. The third kappa shape index (κ3) is 3.79. The highest BCUT2D eigenvalue weighted by molar-refractivity contribution is 5.94.